The monoisotopic (exact) mass is 459 g/mol. The highest BCUT2D eigenvalue weighted by atomic mass is 19.1. The summed E-state index contributed by atoms with van der Waals surface area (Å²) in [7, 11) is 0. The lowest BCUT2D eigenvalue weighted by Crippen LogP contribution is -2.38. The number of benzene rings is 3. The number of nitrogens with one attached hydrogen (secondary N) is 1. The molecule has 2 heterocycles. The number of H-pyrrole nitrogens is 1. The summed E-state index contributed by atoms with van der Waals surface area (Å²) >= 11 is 0. The van der Waals surface area contributed by atoms with Gasteiger partial charge in [0.25, 0.3) is 5.91 Å². The Kier molecular flexibility index (Phi) is 6.27. The van der Waals surface area contributed by atoms with Crippen molar-refractivity contribution in [2.24, 2.45) is 0 Å². The molecule has 4 aromatic rings. The van der Waals surface area contributed by atoms with E-state index >= 15 is 0 Å². The minimum absolute atomic E-state index is 0.0607. The Morgan fingerprint density at radius 1 is 1.09 bits per heavy atom. The normalized spacial score (nSPS) is 14.5. The molecule has 1 amide bonds. The average molecular weight is 460 g/mol. The molecule has 2 N–H and O–H groups in total. The van der Waals surface area contributed by atoms with Crippen molar-refractivity contribution in [1.29, 1.82) is 0 Å². The fraction of sp³-hybridized carbons (Fsp3) is 0.259. The van der Waals surface area contributed by atoms with Gasteiger partial charge in [-0.25, -0.2) is 9.37 Å². The van der Waals surface area contributed by atoms with E-state index in [0.717, 1.165) is 29.7 Å². The number of carbonyl (C=O) groups is 1. The number of aliphatic hydroxyl groups excluding tert-OH is 1. The van der Waals surface area contributed by atoms with Crippen molar-refractivity contribution in [1.82, 2.24) is 14.9 Å². The predicted octanol–water partition coefficient (Wildman–Crippen LogP) is 4.79. The molecule has 0 bridgehead atoms. The minimum Gasteiger partial charge on any atom is -0.489 e. The van der Waals surface area contributed by atoms with Gasteiger partial charge in [-0.3, -0.25) is 4.79 Å². The van der Waals surface area contributed by atoms with Crippen LogP contribution in [0.4, 0.5) is 4.39 Å². The zero-order valence-corrected chi connectivity index (χ0v) is 18.7. The van der Waals surface area contributed by atoms with Crippen molar-refractivity contribution in [2.75, 3.05) is 13.1 Å². The van der Waals surface area contributed by atoms with E-state index in [1.54, 1.807) is 30.3 Å². The van der Waals surface area contributed by atoms with Crippen LogP contribution >= 0.6 is 0 Å². The molecule has 34 heavy (non-hydrogen) atoms. The third-order valence-electron chi connectivity index (χ3n) is 6.34. The van der Waals surface area contributed by atoms with E-state index in [1.165, 1.54) is 12.1 Å². The number of aromatic nitrogens is 2. The van der Waals surface area contributed by atoms with Gasteiger partial charge < -0.3 is 19.7 Å². The van der Waals surface area contributed by atoms with Gasteiger partial charge in [0.1, 0.15) is 24.0 Å². The predicted molar refractivity (Wildman–Crippen MR) is 127 cm³/mol. The van der Waals surface area contributed by atoms with Crippen LogP contribution in [0.1, 0.15) is 46.1 Å². The Bertz CT molecular complexity index is 1280. The van der Waals surface area contributed by atoms with Gasteiger partial charge in [-0.1, -0.05) is 24.3 Å². The molecular formula is C27H26FN3O3. The maximum atomic E-state index is 13.4. The molecule has 0 aliphatic carbocycles. The Labute approximate surface area is 197 Å². The highest BCUT2D eigenvalue weighted by Gasteiger charge is 2.26. The molecule has 0 radical (unpaired) electrons. The molecule has 5 rings (SSSR count). The van der Waals surface area contributed by atoms with Crippen LogP contribution in [0.2, 0.25) is 0 Å². The number of imidazole rings is 1. The van der Waals surface area contributed by atoms with Crippen LogP contribution in [0.15, 0.2) is 66.7 Å². The number of amides is 1. The first kappa shape index (κ1) is 22.1. The van der Waals surface area contributed by atoms with E-state index < -0.39 is 0 Å². The summed E-state index contributed by atoms with van der Waals surface area (Å²) in [5, 5.41) is 9.82. The minimum atomic E-state index is -0.325. The largest absolute Gasteiger partial charge is 0.489 e. The number of para-hydroxylation sites is 2. The van der Waals surface area contributed by atoms with Crippen LogP contribution < -0.4 is 4.74 Å². The lowest BCUT2D eigenvalue weighted by molar-refractivity contribution is 0.0711. The lowest BCUT2D eigenvalue weighted by atomic mass is 9.95. The number of carbonyl (C=O) groups excluding carboxylic acids is 1. The average Bonchev–Trinajstić information content (AvgIpc) is 3.31. The Hall–Kier alpha value is -3.71. The lowest BCUT2D eigenvalue weighted by Gasteiger charge is -2.31. The number of piperidine rings is 1. The van der Waals surface area contributed by atoms with Gasteiger partial charge in [0.2, 0.25) is 0 Å². The van der Waals surface area contributed by atoms with Crippen molar-refractivity contribution in [3.63, 3.8) is 0 Å². The highest BCUT2D eigenvalue weighted by molar-refractivity contribution is 5.94. The van der Waals surface area contributed by atoms with Gasteiger partial charge in [-0.2, -0.15) is 0 Å². The summed E-state index contributed by atoms with van der Waals surface area (Å²) in [6.07, 6.45) is 1.68. The fourth-order valence-corrected chi connectivity index (χ4v) is 4.47. The second-order valence-corrected chi connectivity index (χ2v) is 8.60. The quantitative estimate of drug-likeness (QED) is 0.435. The maximum absolute atomic E-state index is 13.4. The van der Waals surface area contributed by atoms with E-state index in [0.29, 0.717) is 41.4 Å². The van der Waals surface area contributed by atoms with Gasteiger partial charge in [-0.05, 0) is 60.9 Å². The zero-order chi connectivity index (χ0) is 23.5. The summed E-state index contributed by atoms with van der Waals surface area (Å²) < 4.78 is 19.2. The van der Waals surface area contributed by atoms with Gasteiger partial charge in [0.05, 0.1) is 17.6 Å². The molecule has 1 fully saturated rings. The summed E-state index contributed by atoms with van der Waals surface area (Å²) in [5.41, 5.74) is 3.74. The number of hydrogen-bond donors (Lipinski definition) is 2. The molecule has 3 aromatic carbocycles. The number of aromatic amines is 1. The van der Waals surface area contributed by atoms with Crippen LogP contribution in [-0.2, 0) is 13.2 Å². The van der Waals surface area contributed by atoms with E-state index in [2.05, 4.69) is 4.98 Å². The van der Waals surface area contributed by atoms with Crippen molar-refractivity contribution in [3.05, 3.63) is 95.1 Å². The van der Waals surface area contributed by atoms with Gasteiger partial charge in [0, 0.05) is 30.1 Å². The number of hydrogen-bond acceptors (Lipinski definition) is 4. The topological polar surface area (TPSA) is 78.5 Å². The molecule has 1 saturated heterocycles. The van der Waals surface area contributed by atoms with E-state index in [4.69, 9.17) is 9.72 Å². The van der Waals surface area contributed by atoms with Crippen molar-refractivity contribution >= 4 is 16.9 Å². The highest BCUT2D eigenvalue weighted by Crippen LogP contribution is 2.29. The number of rotatable bonds is 6. The summed E-state index contributed by atoms with van der Waals surface area (Å²) in [6.45, 7) is 1.21. The molecule has 0 saturated carbocycles. The SMILES string of the molecule is O=C(c1ccc(OCc2cccc(F)c2)c(CO)c1)N1CCC(c2nc3ccccc3[nH]2)CC1. The smallest absolute Gasteiger partial charge is 0.253 e. The van der Waals surface area contributed by atoms with Crippen LogP contribution in [0.25, 0.3) is 11.0 Å². The third-order valence-corrected chi connectivity index (χ3v) is 6.34. The first-order valence-electron chi connectivity index (χ1n) is 11.5. The second kappa shape index (κ2) is 9.65. The maximum Gasteiger partial charge on any atom is 0.253 e. The second-order valence-electron chi connectivity index (χ2n) is 8.60. The number of likely N-dealkylation sites (tertiary alicyclic amines) is 1. The summed E-state index contributed by atoms with van der Waals surface area (Å²) in [5.74, 6) is 1.37. The van der Waals surface area contributed by atoms with Gasteiger partial charge >= 0.3 is 0 Å². The Morgan fingerprint density at radius 2 is 1.91 bits per heavy atom. The molecule has 6 nitrogen and oxygen atoms in total. The molecule has 174 valence electrons. The molecule has 1 aromatic heterocycles. The van der Waals surface area contributed by atoms with Crippen molar-refractivity contribution < 1.29 is 19.0 Å². The number of aliphatic hydroxyl groups is 1. The first-order valence-corrected chi connectivity index (χ1v) is 11.5. The van der Waals surface area contributed by atoms with Gasteiger partial charge in [-0.15, -0.1) is 0 Å². The molecule has 0 spiro atoms. The number of nitrogens with zero attached hydrogens (tertiary/aromatic N) is 2. The summed E-state index contributed by atoms with van der Waals surface area (Å²) in [6, 6.07) is 19.3. The number of fused-ring (bicyclic) bond motifs is 1. The van der Waals surface area contributed by atoms with Crippen molar-refractivity contribution in [3.8, 4) is 5.75 Å². The van der Waals surface area contributed by atoms with E-state index in [-0.39, 0.29) is 24.9 Å². The molecule has 1 aliphatic rings. The van der Waals surface area contributed by atoms with Crippen molar-refractivity contribution in [2.45, 2.75) is 32.0 Å². The van der Waals surface area contributed by atoms with Gasteiger partial charge in [0.15, 0.2) is 0 Å². The van der Waals surface area contributed by atoms with Crippen LogP contribution in [0.3, 0.4) is 0 Å². The zero-order valence-electron chi connectivity index (χ0n) is 18.7. The van der Waals surface area contributed by atoms with Crippen LogP contribution in [0, 0.1) is 5.82 Å². The van der Waals surface area contributed by atoms with E-state index in [9.17, 15) is 14.3 Å². The standard InChI is InChI=1S/C27H26FN3O3/c28-22-5-3-4-18(14-22)17-34-25-9-8-20(15-21(25)16-32)27(33)31-12-10-19(11-13-31)26-29-23-6-1-2-7-24(23)30-26/h1-9,14-15,19,32H,10-13,16-17H2,(H,29,30). The number of ether oxygens (including phenoxy) is 1. The first-order chi connectivity index (χ1) is 16.6. The molecular weight excluding hydrogens is 433 g/mol. The van der Waals surface area contributed by atoms with Crippen LogP contribution in [-0.4, -0.2) is 39.0 Å². The summed E-state index contributed by atoms with van der Waals surface area (Å²) in [4.78, 5) is 23.1. The van der Waals surface area contributed by atoms with Crippen LogP contribution in [0.5, 0.6) is 5.75 Å². The Morgan fingerprint density at radius 3 is 2.68 bits per heavy atom. The fourth-order valence-electron chi connectivity index (χ4n) is 4.47. The number of halogens is 1. The molecule has 0 unspecified atom stereocenters. The molecule has 7 heteroatoms. The molecule has 1 aliphatic heterocycles. The van der Waals surface area contributed by atoms with E-state index in [1.807, 2.05) is 29.2 Å². The molecule has 0 atom stereocenters. The third kappa shape index (κ3) is 4.65. The Balaban J connectivity index is 1.22.